The molecule has 1 aliphatic heterocycles. The van der Waals surface area contributed by atoms with E-state index < -0.39 is 20.0 Å². The first-order valence-corrected chi connectivity index (χ1v) is 18.8. The Labute approximate surface area is 251 Å². The Morgan fingerprint density at radius 2 is 1.37 bits per heavy atom. The molecule has 210 valence electrons. The third kappa shape index (κ3) is 5.36. The fourth-order valence-electron chi connectivity index (χ4n) is 4.92. The third-order valence-corrected chi connectivity index (χ3v) is 13.9. The van der Waals surface area contributed by atoms with Gasteiger partial charge in [0.25, 0.3) is 0 Å². The van der Waals surface area contributed by atoms with Crippen LogP contribution in [0.5, 0.6) is 0 Å². The van der Waals surface area contributed by atoms with Gasteiger partial charge in [0.2, 0.25) is 0 Å². The van der Waals surface area contributed by atoms with Gasteiger partial charge in [-0.3, -0.25) is 0 Å². The molecule has 3 aromatic carbocycles. The molecule has 0 radical (unpaired) electrons. The Kier molecular flexibility index (Phi) is 7.57. The van der Waals surface area contributed by atoms with E-state index in [0.29, 0.717) is 11.0 Å². The first kappa shape index (κ1) is 28.2. The molecular weight excluding hydrogens is 640 g/mol. The summed E-state index contributed by atoms with van der Waals surface area (Å²) in [7, 11) is -7.79. The van der Waals surface area contributed by atoms with Gasteiger partial charge < -0.3 is 0 Å². The second-order valence-electron chi connectivity index (χ2n) is 10.1. The third-order valence-electron chi connectivity index (χ3n) is 7.18. The summed E-state index contributed by atoms with van der Waals surface area (Å²) in [4.78, 5) is 1.22. The van der Waals surface area contributed by atoms with E-state index in [1.165, 1.54) is 24.1 Å². The van der Waals surface area contributed by atoms with E-state index in [2.05, 4.69) is 12.1 Å². The molecule has 6 nitrogen and oxygen atoms in total. The summed E-state index contributed by atoms with van der Waals surface area (Å²) >= 11 is 1.47. The molecule has 0 aliphatic carbocycles. The predicted molar refractivity (Wildman–Crippen MR) is 165 cm³/mol. The number of hydrogen-bond acceptors (Lipinski definition) is 5. The van der Waals surface area contributed by atoms with Crippen LogP contribution in [0.15, 0.2) is 106 Å². The van der Waals surface area contributed by atoms with Crippen molar-refractivity contribution in [2.45, 2.75) is 42.0 Å². The van der Waals surface area contributed by atoms with Gasteiger partial charge in [0.15, 0.2) is 0 Å². The minimum atomic E-state index is -3.94. The standard InChI is InChI=1S/C31H28N2O4S3Se/c1-22-8-12-26(13-9-22)39(34,35)32-18-24-16-17-38-31(24)30-29(20-32)25(21-41-28-6-4-3-5-7-28)19-33(30)40(36,37)27-14-10-23(2)11-15-27/h3-17,19H,18,20-21H2,1-2H3. The van der Waals surface area contributed by atoms with Crippen LogP contribution in [0.3, 0.4) is 0 Å². The second-order valence-corrected chi connectivity index (χ2v) is 16.9. The fourth-order valence-corrected chi connectivity index (χ4v) is 10.7. The fraction of sp³-hybridized carbons (Fsp3) is 0.161. The van der Waals surface area contributed by atoms with Crippen molar-refractivity contribution in [2.24, 2.45) is 0 Å². The molecule has 0 unspecified atom stereocenters. The van der Waals surface area contributed by atoms with Crippen molar-refractivity contribution in [3.05, 3.63) is 124 Å². The van der Waals surface area contributed by atoms with Crippen LogP contribution in [0.1, 0.15) is 27.8 Å². The zero-order chi connectivity index (χ0) is 28.8. The Morgan fingerprint density at radius 1 is 0.756 bits per heavy atom. The number of hydrogen-bond donors (Lipinski definition) is 0. The summed E-state index contributed by atoms with van der Waals surface area (Å²) < 4.78 is 60.2. The Balaban J connectivity index is 1.53. The van der Waals surface area contributed by atoms with E-state index in [-0.39, 0.29) is 37.8 Å². The molecule has 41 heavy (non-hydrogen) atoms. The van der Waals surface area contributed by atoms with E-state index in [0.717, 1.165) is 32.7 Å². The van der Waals surface area contributed by atoms with Crippen molar-refractivity contribution >= 4 is 50.8 Å². The molecule has 0 atom stereocenters. The summed E-state index contributed by atoms with van der Waals surface area (Å²) in [6, 6.07) is 25.7. The van der Waals surface area contributed by atoms with Crippen LogP contribution in [0.4, 0.5) is 0 Å². The normalized spacial score (nSPS) is 13.9. The van der Waals surface area contributed by atoms with Crippen LogP contribution in [0.25, 0.3) is 10.6 Å². The maximum absolute atomic E-state index is 14.1. The van der Waals surface area contributed by atoms with Crippen LogP contribution in [0.2, 0.25) is 0 Å². The molecule has 0 amide bonds. The van der Waals surface area contributed by atoms with Gasteiger partial charge in [-0.25, -0.2) is 0 Å². The van der Waals surface area contributed by atoms with Gasteiger partial charge >= 0.3 is 253 Å². The monoisotopic (exact) mass is 668 g/mol. The summed E-state index contributed by atoms with van der Waals surface area (Å²) in [5.41, 5.74) is 4.91. The van der Waals surface area contributed by atoms with E-state index in [1.807, 2.05) is 43.5 Å². The molecule has 10 heteroatoms. The van der Waals surface area contributed by atoms with Gasteiger partial charge in [-0.1, -0.05) is 0 Å². The van der Waals surface area contributed by atoms with E-state index >= 15 is 0 Å². The molecule has 5 aromatic rings. The van der Waals surface area contributed by atoms with Gasteiger partial charge in [0, 0.05) is 0 Å². The summed E-state index contributed by atoms with van der Waals surface area (Å²) in [6.07, 6.45) is 1.72. The van der Waals surface area contributed by atoms with Crippen molar-refractivity contribution in [1.29, 1.82) is 0 Å². The number of benzene rings is 3. The van der Waals surface area contributed by atoms with E-state index in [1.54, 1.807) is 54.7 Å². The van der Waals surface area contributed by atoms with Crippen molar-refractivity contribution in [2.75, 3.05) is 0 Å². The topological polar surface area (TPSA) is 76.5 Å². The summed E-state index contributed by atoms with van der Waals surface area (Å²) in [5, 5.41) is 2.54. The molecule has 3 heterocycles. The average Bonchev–Trinajstić information content (AvgIpc) is 3.53. The molecule has 1 aliphatic rings. The van der Waals surface area contributed by atoms with Crippen LogP contribution in [0, 0.1) is 13.8 Å². The quantitative estimate of drug-likeness (QED) is 0.221. The van der Waals surface area contributed by atoms with E-state index in [9.17, 15) is 16.8 Å². The number of thiophene rings is 1. The molecule has 0 fully saturated rings. The van der Waals surface area contributed by atoms with Gasteiger partial charge in [-0.05, 0) is 0 Å². The second kappa shape index (κ2) is 11.0. The maximum atomic E-state index is 14.1. The average molecular weight is 668 g/mol. The van der Waals surface area contributed by atoms with E-state index in [4.69, 9.17) is 0 Å². The van der Waals surface area contributed by atoms with Gasteiger partial charge in [-0.2, -0.15) is 0 Å². The summed E-state index contributed by atoms with van der Waals surface area (Å²) in [5.74, 6) is 0. The Bertz CT molecular complexity index is 1930. The van der Waals surface area contributed by atoms with Gasteiger partial charge in [-0.15, -0.1) is 0 Å². The van der Waals surface area contributed by atoms with Crippen molar-refractivity contribution in [3.63, 3.8) is 0 Å². The van der Waals surface area contributed by atoms with Crippen molar-refractivity contribution in [1.82, 2.24) is 8.28 Å². The molecule has 0 N–H and O–H groups in total. The zero-order valence-electron chi connectivity index (χ0n) is 22.5. The predicted octanol–water partition coefficient (Wildman–Crippen LogP) is 5.30. The first-order valence-electron chi connectivity index (χ1n) is 13.0. The summed E-state index contributed by atoms with van der Waals surface area (Å²) in [6.45, 7) is 4.09. The first-order chi connectivity index (χ1) is 19.6. The van der Waals surface area contributed by atoms with Crippen LogP contribution in [-0.4, -0.2) is 40.1 Å². The zero-order valence-corrected chi connectivity index (χ0v) is 26.7. The Morgan fingerprint density at radius 3 is 2.00 bits per heavy atom. The van der Waals surface area contributed by atoms with Gasteiger partial charge in [0.05, 0.1) is 0 Å². The number of aryl methyl sites for hydroxylation is 2. The van der Waals surface area contributed by atoms with Crippen LogP contribution >= 0.6 is 11.3 Å². The molecule has 0 bridgehead atoms. The molecule has 2 aromatic heterocycles. The molecule has 0 spiro atoms. The molecule has 0 saturated heterocycles. The molecule has 6 rings (SSSR count). The Hall–Kier alpha value is -2.98. The SMILES string of the molecule is Cc1ccc(S(=O)(=O)N2Cc3ccsc3-c3c(c(C[Se]c4ccccc4)cn3S(=O)(=O)c3ccc(C)cc3)C2)cc1. The van der Waals surface area contributed by atoms with Crippen LogP contribution in [-0.2, 0) is 38.5 Å². The van der Waals surface area contributed by atoms with Gasteiger partial charge in [0.1, 0.15) is 0 Å². The van der Waals surface area contributed by atoms with Crippen molar-refractivity contribution in [3.8, 4) is 10.6 Å². The molecular formula is C31H28N2O4S3Se. The minimum absolute atomic E-state index is 0.0279. The number of aromatic nitrogens is 1. The number of nitrogens with zero attached hydrogens (tertiary/aromatic N) is 2. The number of sulfonamides is 1. The van der Waals surface area contributed by atoms with Crippen molar-refractivity contribution < 1.29 is 16.8 Å². The number of rotatable bonds is 7. The van der Waals surface area contributed by atoms with Crippen LogP contribution < -0.4 is 4.46 Å². The molecule has 0 saturated carbocycles. The number of fused-ring (bicyclic) bond motifs is 3.